The van der Waals surface area contributed by atoms with Crippen LogP contribution in [0.4, 0.5) is 0 Å². The van der Waals surface area contributed by atoms with Crippen molar-refractivity contribution in [2.45, 2.75) is 103 Å². The van der Waals surface area contributed by atoms with Gasteiger partial charge >= 0.3 is 0 Å². The molecule has 0 radical (unpaired) electrons. The molecular formula is C32H46N2O3. The number of nitrogens with one attached hydrogen (secondary N) is 1. The summed E-state index contributed by atoms with van der Waals surface area (Å²) in [4.78, 5) is 16.2. The van der Waals surface area contributed by atoms with E-state index in [2.05, 4.69) is 87.3 Å². The number of ether oxygens (including phenoxy) is 1. The Hall–Kier alpha value is -2.37. The third-order valence-corrected chi connectivity index (χ3v) is 8.77. The van der Waals surface area contributed by atoms with E-state index in [1.807, 2.05) is 6.07 Å². The summed E-state index contributed by atoms with van der Waals surface area (Å²) in [6.45, 7) is 11.5. The molecule has 0 spiro atoms. The average Bonchev–Trinajstić information content (AvgIpc) is 3.31. The fraction of sp³-hybridized carbons (Fsp3) is 0.594. The van der Waals surface area contributed by atoms with E-state index in [9.17, 15) is 9.90 Å². The summed E-state index contributed by atoms with van der Waals surface area (Å²) in [5, 5.41) is 14.7. The molecule has 5 nitrogen and oxygen atoms in total. The van der Waals surface area contributed by atoms with Gasteiger partial charge in [-0.3, -0.25) is 10.1 Å². The van der Waals surface area contributed by atoms with E-state index >= 15 is 0 Å². The topological polar surface area (TPSA) is 61.8 Å². The van der Waals surface area contributed by atoms with Gasteiger partial charge in [-0.15, -0.1) is 0 Å². The average molecular weight is 507 g/mol. The van der Waals surface area contributed by atoms with Crippen molar-refractivity contribution in [2.24, 2.45) is 11.8 Å². The first kappa shape index (κ1) is 27.7. The molecule has 2 aliphatic rings. The molecule has 2 unspecified atom stereocenters. The maximum atomic E-state index is 14.1. The third-order valence-electron chi connectivity index (χ3n) is 8.77. The molecule has 1 amide bonds. The van der Waals surface area contributed by atoms with Gasteiger partial charge in [0, 0.05) is 18.0 Å². The lowest BCUT2D eigenvalue weighted by atomic mass is 9.73. The van der Waals surface area contributed by atoms with Gasteiger partial charge in [0.1, 0.15) is 5.75 Å². The third kappa shape index (κ3) is 6.04. The number of methoxy groups -OCH3 is 1. The molecule has 4 rings (SSSR count). The van der Waals surface area contributed by atoms with Crippen molar-refractivity contribution in [3.8, 4) is 5.75 Å². The molecule has 1 saturated carbocycles. The van der Waals surface area contributed by atoms with Crippen molar-refractivity contribution in [3.05, 3.63) is 65.2 Å². The van der Waals surface area contributed by atoms with Crippen LogP contribution in [0, 0.1) is 11.8 Å². The summed E-state index contributed by atoms with van der Waals surface area (Å²) < 4.78 is 5.68. The number of aliphatic hydroxyl groups is 1. The number of likely N-dealkylation sites (tertiary alicyclic amines) is 1. The molecule has 2 aromatic rings. The first-order valence-electron chi connectivity index (χ1n) is 14.0. The zero-order valence-electron chi connectivity index (χ0n) is 23.6. The number of carbonyl (C=O) groups excluding carboxylic acids is 1. The molecule has 202 valence electrons. The first-order valence-corrected chi connectivity index (χ1v) is 14.0. The van der Waals surface area contributed by atoms with Gasteiger partial charge < -0.3 is 14.7 Å². The molecule has 1 aliphatic carbocycles. The van der Waals surface area contributed by atoms with Gasteiger partial charge in [-0.05, 0) is 67.1 Å². The molecule has 5 heteroatoms. The molecule has 0 aromatic heterocycles. The monoisotopic (exact) mass is 506 g/mol. The Morgan fingerprint density at radius 2 is 1.76 bits per heavy atom. The van der Waals surface area contributed by atoms with Crippen molar-refractivity contribution in [1.82, 2.24) is 10.2 Å². The van der Waals surface area contributed by atoms with E-state index in [1.165, 1.54) is 11.1 Å². The van der Waals surface area contributed by atoms with Crippen LogP contribution in [0.1, 0.15) is 95.9 Å². The summed E-state index contributed by atoms with van der Waals surface area (Å²) >= 11 is 0. The molecule has 0 bridgehead atoms. The second kappa shape index (κ2) is 11.2. The van der Waals surface area contributed by atoms with Crippen molar-refractivity contribution in [2.75, 3.05) is 7.11 Å². The molecule has 2 N–H and O–H groups in total. The molecular weight excluding hydrogens is 460 g/mol. The largest absolute Gasteiger partial charge is 0.496 e. The number of hydrogen-bond acceptors (Lipinski definition) is 4. The van der Waals surface area contributed by atoms with Crippen molar-refractivity contribution in [3.63, 3.8) is 0 Å². The van der Waals surface area contributed by atoms with Crippen LogP contribution in [0.25, 0.3) is 0 Å². The van der Waals surface area contributed by atoms with E-state index in [1.54, 1.807) is 7.11 Å². The Morgan fingerprint density at radius 1 is 1.08 bits per heavy atom. The Kier molecular flexibility index (Phi) is 8.35. The van der Waals surface area contributed by atoms with Crippen LogP contribution in [0.3, 0.4) is 0 Å². The highest BCUT2D eigenvalue weighted by molar-refractivity contribution is 5.80. The lowest BCUT2D eigenvalue weighted by Crippen LogP contribution is -2.49. The number of carbonyl (C=O) groups is 1. The summed E-state index contributed by atoms with van der Waals surface area (Å²) in [6.07, 6.45) is 4.70. The first-order chi connectivity index (χ1) is 17.5. The minimum absolute atomic E-state index is 0.0355. The highest BCUT2D eigenvalue weighted by Gasteiger charge is 2.44. The van der Waals surface area contributed by atoms with Gasteiger partial charge in [0.25, 0.3) is 0 Å². The van der Waals surface area contributed by atoms with Crippen LogP contribution in [0.2, 0.25) is 0 Å². The number of benzene rings is 2. The summed E-state index contributed by atoms with van der Waals surface area (Å²) in [5.74, 6) is 1.27. The van der Waals surface area contributed by atoms with E-state index in [0.717, 1.165) is 37.0 Å². The summed E-state index contributed by atoms with van der Waals surface area (Å²) in [6, 6.07) is 16.9. The minimum Gasteiger partial charge on any atom is -0.496 e. The van der Waals surface area contributed by atoms with E-state index in [4.69, 9.17) is 4.74 Å². The summed E-state index contributed by atoms with van der Waals surface area (Å²) in [7, 11) is 1.72. The fourth-order valence-corrected chi connectivity index (χ4v) is 6.08. The maximum absolute atomic E-state index is 14.1. The molecule has 1 aliphatic heterocycles. The van der Waals surface area contributed by atoms with E-state index in [0.29, 0.717) is 19.4 Å². The maximum Gasteiger partial charge on any atom is 0.227 e. The number of nitrogens with zero attached hydrogens (tertiary/aromatic N) is 1. The quantitative estimate of drug-likeness (QED) is 0.459. The van der Waals surface area contributed by atoms with Crippen molar-refractivity contribution >= 4 is 5.91 Å². The molecule has 1 heterocycles. The van der Waals surface area contributed by atoms with Gasteiger partial charge in [-0.1, -0.05) is 77.1 Å². The standard InChI is InChI=1S/C32H46N2O3/c1-22(2)32(36)18-16-24(17-19-32)30(35)34-27(23-10-8-7-9-11-23)13-15-29(34)33-21-25-20-26(31(3,4)5)12-14-28(25)37-6/h7-12,14,20,22,24,27,29,33,36H,13,15-19,21H2,1-6H3. The highest BCUT2D eigenvalue weighted by Crippen LogP contribution is 2.42. The van der Waals surface area contributed by atoms with Crippen molar-refractivity contribution in [1.29, 1.82) is 0 Å². The molecule has 2 atom stereocenters. The fourth-order valence-electron chi connectivity index (χ4n) is 6.08. The summed E-state index contributed by atoms with van der Waals surface area (Å²) in [5.41, 5.74) is 2.99. The Balaban J connectivity index is 1.55. The van der Waals surface area contributed by atoms with Crippen molar-refractivity contribution < 1.29 is 14.6 Å². The van der Waals surface area contributed by atoms with Gasteiger partial charge in [-0.2, -0.15) is 0 Å². The lowest BCUT2D eigenvalue weighted by Gasteiger charge is -2.41. The molecule has 37 heavy (non-hydrogen) atoms. The van der Waals surface area contributed by atoms with Crippen LogP contribution < -0.4 is 10.1 Å². The number of rotatable bonds is 7. The van der Waals surface area contributed by atoms with E-state index < -0.39 is 5.60 Å². The van der Waals surface area contributed by atoms with Gasteiger partial charge in [0.05, 0.1) is 24.9 Å². The predicted molar refractivity (Wildman–Crippen MR) is 149 cm³/mol. The van der Waals surface area contributed by atoms with Gasteiger partial charge in [0.15, 0.2) is 0 Å². The van der Waals surface area contributed by atoms with Crippen LogP contribution in [0.5, 0.6) is 5.75 Å². The van der Waals surface area contributed by atoms with Crippen LogP contribution in [-0.2, 0) is 16.8 Å². The zero-order valence-corrected chi connectivity index (χ0v) is 23.6. The van der Waals surface area contributed by atoms with Crippen LogP contribution >= 0.6 is 0 Å². The van der Waals surface area contributed by atoms with Crippen LogP contribution in [0.15, 0.2) is 48.5 Å². The zero-order chi connectivity index (χ0) is 26.8. The Morgan fingerprint density at radius 3 is 2.35 bits per heavy atom. The second-order valence-electron chi connectivity index (χ2n) is 12.5. The van der Waals surface area contributed by atoms with E-state index in [-0.39, 0.29) is 35.4 Å². The number of hydrogen-bond donors (Lipinski definition) is 2. The lowest BCUT2D eigenvalue weighted by molar-refractivity contribution is -0.143. The highest BCUT2D eigenvalue weighted by atomic mass is 16.5. The predicted octanol–water partition coefficient (Wildman–Crippen LogP) is 6.35. The Bertz CT molecular complexity index is 1050. The molecule has 2 aromatic carbocycles. The minimum atomic E-state index is -0.646. The molecule has 2 fully saturated rings. The smallest absolute Gasteiger partial charge is 0.227 e. The van der Waals surface area contributed by atoms with Gasteiger partial charge in [0.2, 0.25) is 5.91 Å². The molecule has 1 saturated heterocycles. The van der Waals surface area contributed by atoms with Gasteiger partial charge in [-0.25, -0.2) is 0 Å². The normalized spacial score (nSPS) is 26.5. The Labute approximate surface area is 223 Å². The number of amides is 1. The van der Waals surface area contributed by atoms with Crippen LogP contribution in [-0.4, -0.2) is 34.8 Å². The second-order valence-corrected chi connectivity index (χ2v) is 12.5. The SMILES string of the molecule is COc1ccc(C(C)(C)C)cc1CNC1CCC(c2ccccc2)N1C(=O)C1CCC(O)(C(C)C)CC1.